The molecule has 3 aliphatic rings. The number of ketones is 1. The van der Waals surface area contributed by atoms with E-state index in [2.05, 4.69) is 28.0 Å². The molecule has 2 aromatic rings. The normalized spacial score (nSPS) is 23.0. The zero-order valence-corrected chi connectivity index (χ0v) is 18.0. The Morgan fingerprint density at radius 1 is 1.23 bits per heavy atom. The van der Waals surface area contributed by atoms with E-state index < -0.39 is 0 Å². The number of anilines is 2. The third kappa shape index (κ3) is 3.56. The van der Waals surface area contributed by atoms with Gasteiger partial charge in [0.25, 0.3) is 0 Å². The van der Waals surface area contributed by atoms with Crippen molar-refractivity contribution >= 4 is 28.9 Å². The number of rotatable bonds is 5. The Morgan fingerprint density at radius 3 is 3.00 bits per heavy atom. The summed E-state index contributed by atoms with van der Waals surface area (Å²) < 4.78 is 0. The smallest absolute Gasteiger partial charge is 0.164 e. The van der Waals surface area contributed by atoms with E-state index in [1.54, 1.807) is 6.07 Å². The Morgan fingerprint density at radius 2 is 2.13 bits per heavy atom. The summed E-state index contributed by atoms with van der Waals surface area (Å²) >= 11 is 2.01. The number of likely N-dealkylation sites (tertiary alicyclic amines) is 1. The summed E-state index contributed by atoms with van der Waals surface area (Å²) in [5.74, 6) is 1.95. The minimum atomic E-state index is 0.0589. The van der Waals surface area contributed by atoms with Gasteiger partial charge < -0.3 is 20.6 Å². The number of nitrogens with zero attached hydrogens (tertiary/aromatic N) is 2. The third-order valence-electron chi connectivity index (χ3n) is 6.79. The predicted octanol–water partition coefficient (Wildman–Crippen LogP) is 4.11. The molecule has 3 N–H and O–H groups in total. The Bertz CT molecular complexity index is 963. The van der Waals surface area contributed by atoms with Crippen LogP contribution in [0.5, 0.6) is 5.75 Å². The maximum Gasteiger partial charge on any atom is 0.164 e. The molecule has 1 fully saturated rings. The summed E-state index contributed by atoms with van der Waals surface area (Å²) in [4.78, 5) is 19.2. The zero-order valence-electron chi connectivity index (χ0n) is 17.2. The van der Waals surface area contributed by atoms with Gasteiger partial charge in [0.2, 0.25) is 0 Å². The number of carbonyl (C=O) groups is 1. The number of nitrogen functional groups attached to an aromatic ring is 1. The predicted molar refractivity (Wildman–Crippen MR) is 123 cm³/mol. The first-order chi connectivity index (χ1) is 14.6. The lowest BCUT2D eigenvalue weighted by atomic mass is 9.89. The van der Waals surface area contributed by atoms with Crippen LogP contribution in [0.4, 0.5) is 11.4 Å². The SMILES string of the molecule is Nc1cc(O)ccc1C(=O)CCCN1CC[C@@H]2[C@H](C1)c1cccc3c1N2CCCS3. The minimum absolute atomic E-state index is 0.0589. The Labute approximate surface area is 182 Å². The van der Waals surface area contributed by atoms with Crippen molar-refractivity contribution in [2.45, 2.75) is 42.5 Å². The van der Waals surface area contributed by atoms with Crippen LogP contribution in [0.15, 0.2) is 41.3 Å². The van der Waals surface area contributed by atoms with E-state index in [-0.39, 0.29) is 11.5 Å². The number of hydrogen-bond acceptors (Lipinski definition) is 6. The molecule has 0 aromatic heterocycles. The maximum atomic E-state index is 12.5. The highest BCUT2D eigenvalue weighted by atomic mass is 32.2. The van der Waals surface area contributed by atoms with Crippen molar-refractivity contribution in [1.29, 1.82) is 0 Å². The topological polar surface area (TPSA) is 69.8 Å². The van der Waals surface area contributed by atoms with E-state index in [1.165, 1.54) is 53.4 Å². The van der Waals surface area contributed by atoms with Gasteiger partial charge in [-0.3, -0.25) is 4.79 Å². The number of benzene rings is 2. The van der Waals surface area contributed by atoms with E-state index in [9.17, 15) is 9.90 Å². The fourth-order valence-corrected chi connectivity index (χ4v) is 6.45. The second-order valence-corrected chi connectivity index (χ2v) is 9.79. The number of fused-ring (bicyclic) bond motifs is 3. The van der Waals surface area contributed by atoms with Crippen molar-refractivity contribution in [3.63, 3.8) is 0 Å². The summed E-state index contributed by atoms with van der Waals surface area (Å²) in [6.45, 7) is 4.30. The molecule has 0 bridgehead atoms. The number of para-hydroxylation sites is 1. The highest BCUT2D eigenvalue weighted by Gasteiger charge is 2.43. The van der Waals surface area contributed by atoms with Gasteiger partial charge in [0.05, 0.1) is 5.69 Å². The monoisotopic (exact) mass is 423 g/mol. The molecule has 30 heavy (non-hydrogen) atoms. The average Bonchev–Trinajstić information content (AvgIpc) is 2.89. The first-order valence-corrected chi connectivity index (χ1v) is 12.0. The van der Waals surface area contributed by atoms with Gasteiger partial charge in [0.1, 0.15) is 5.75 Å². The fourth-order valence-electron chi connectivity index (χ4n) is 5.41. The Kier molecular flexibility index (Phi) is 5.37. The molecule has 0 aliphatic carbocycles. The molecule has 0 radical (unpaired) electrons. The molecule has 5 nitrogen and oxygen atoms in total. The van der Waals surface area contributed by atoms with Crippen molar-refractivity contribution in [3.05, 3.63) is 47.5 Å². The molecule has 1 saturated heterocycles. The molecule has 0 saturated carbocycles. The molecule has 0 amide bonds. The van der Waals surface area contributed by atoms with Crippen LogP contribution < -0.4 is 10.6 Å². The molecule has 0 spiro atoms. The lowest BCUT2D eigenvalue weighted by Crippen LogP contribution is -2.46. The molecule has 3 heterocycles. The van der Waals surface area contributed by atoms with Crippen LogP contribution in [0.1, 0.15) is 47.5 Å². The van der Waals surface area contributed by atoms with Gasteiger partial charge in [0.15, 0.2) is 5.78 Å². The van der Waals surface area contributed by atoms with Gasteiger partial charge in [-0.05, 0) is 55.3 Å². The summed E-state index contributed by atoms with van der Waals surface area (Å²) in [6.07, 6.45) is 3.78. The summed E-state index contributed by atoms with van der Waals surface area (Å²) in [7, 11) is 0. The largest absolute Gasteiger partial charge is 0.508 e. The number of aromatic hydroxyl groups is 1. The molecular weight excluding hydrogens is 394 g/mol. The van der Waals surface area contributed by atoms with E-state index in [1.807, 2.05) is 11.8 Å². The Hall–Kier alpha value is -2.18. The summed E-state index contributed by atoms with van der Waals surface area (Å²) in [5.41, 5.74) is 9.82. The highest BCUT2D eigenvalue weighted by Crippen LogP contribution is 2.50. The van der Waals surface area contributed by atoms with Gasteiger partial charge in [0, 0.05) is 60.2 Å². The fraction of sp³-hybridized carbons (Fsp3) is 0.458. The van der Waals surface area contributed by atoms with Crippen molar-refractivity contribution in [1.82, 2.24) is 4.90 Å². The molecular formula is C24H29N3O2S. The third-order valence-corrected chi connectivity index (χ3v) is 7.93. The molecule has 158 valence electrons. The van der Waals surface area contributed by atoms with E-state index >= 15 is 0 Å². The van der Waals surface area contributed by atoms with Crippen LogP contribution in [0.2, 0.25) is 0 Å². The van der Waals surface area contributed by atoms with Crippen LogP contribution in [-0.4, -0.2) is 53.8 Å². The number of carbonyl (C=O) groups excluding carboxylic acids is 1. The number of piperidine rings is 1. The van der Waals surface area contributed by atoms with Gasteiger partial charge in [-0.1, -0.05) is 12.1 Å². The number of Topliss-reactive ketones (excluding diaryl/α,β-unsaturated/α-hetero) is 1. The second-order valence-electron chi connectivity index (χ2n) is 8.65. The number of thioether (sulfide) groups is 1. The van der Waals surface area contributed by atoms with E-state index in [4.69, 9.17) is 5.73 Å². The second kappa shape index (κ2) is 8.16. The molecule has 2 aromatic carbocycles. The number of phenolic OH excluding ortho intramolecular Hbond substituents is 1. The lowest BCUT2D eigenvalue weighted by Gasteiger charge is -2.39. The van der Waals surface area contributed by atoms with Gasteiger partial charge in [-0.15, -0.1) is 11.8 Å². The van der Waals surface area contributed by atoms with E-state index in [0.29, 0.717) is 29.6 Å². The molecule has 5 rings (SSSR count). The first-order valence-electron chi connectivity index (χ1n) is 11.0. The Balaban J connectivity index is 1.22. The lowest BCUT2D eigenvalue weighted by molar-refractivity contribution is 0.0972. The highest BCUT2D eigenvalue weighted by molar-refractivity contribution is 7.99. The van der Waals surface area contributed by atoms with Crippen molar-refractivity contribution in [2.75, 3.05) is 42.6 Å². The minimum Gasteiger partial charge on any atom is -0.508 e. The van der Waals surface area contributed by atoms with Crippen molar-refractivity contribution in [3.8, 4) is 5.75 Å². The summed E-state index contributed by atoms with van der Waals surface area (Å²) in [5, 5.41) is 9.48. The number of hydrogen-bond donors (Lipinski definition) is 2. The van der Waals surface area contributed by atoms with Gasteiger partial charge in [-0.2, -0.15) is 0 Å². The standard InChI is InChI=1S/C24H29N3O2S/c25-20-14-16(28)7-8-18(20)22(29)5-2-10-26-12-9-21-19(15-26)17-4-1-6-23-24(17)27(21)11-3-13-30-23/h1,4,6-8,14,19,21,28H,2-3,5,9-13,15,25H2/t19-,21-/m1/s1. The van der Waals surface area contributed by atoms with Crippen LogP contribution >= 0.6 is 11.8 Å². The van der Waals surface area contributed by atoms with Crippen molar-refractivity contribution in [2.24, 2.45) is 0 Å². The molecule has 3 aliphatic heterocycles. The molecule has 6 heteroatoms. The first kappa shape index (κ1) is 19.8. The molecule has 2 atom stereocenters. The van der Waals surface area contributed by atoms with E-state index in [0.717, 1.165) is 26.1 Å². The van der Waals surface area contributed by atoms with Crippen molar-refractivity contribution < 1.29 is 9.90 Å². The molecule has 0 unspecified atom stereocenters. The van der Waals surface area contributed by atoms with Gasteiger partial charge in [-0.25, -0.2) is 0 Å². The van der Waals surface area contributed by atoms with Crippen LogP contribution in [0.3, 0.4) is 0 Å². The quantitative estimate of drug-likeness (QED) is 0.557. The number of nitrogens with two attached hydrogens (primary N) is 1. The summed E-state index contributed by atoms with van der Waals surface area (Å²) in [6, 6.07) is 12.1. The average molecular weight is 424 g/mol. The maximum absolute atomic E-state index is 12.5. The number of phenols is 1. The van der Waals surface area contributed by atoms with Crippen LogP contribution in [0, 0.1) is 0 Å². The zero-order chi connectivity index (χ0) is 20.7. The van der Waals surface area contributed by atoms with Gasteiger partial charge >= 0.3 is 0 Å². The van der Waals surface area contributed by atoms with Crippen LogP contribution in [0.25, 0.3) is 0 Å². The van der Waals surface area contributed by atoms with Crippen LogP contribution in [-0.2, 0) is 0 Å².